The quantitative estimate of drug-likeness (QED) is 0.740. The highest BCUT2D eigenvalue weighted by Gasteiger charge is 1.98. The van der Waals surface area contributed by atoms with E-state index < -0.39 is 0 Å². The first-order valence-corrected chi connectivity index (χ1v) is 4.14. The van der Waals surface area contributed by atoms with Crippen LogP contribution in [0.2, 0.25) is 0 Å². The van der Waals surface area contributed by atoms with Gasteiger partial charge in [-0.2, -0.15) is 0 Å². The molecule has 1 atom stereocenters. The summed E-state index contributed by atoms with van der Waals surface area (Å²) in [6, 6.07) is 8.02. The summed E-state index contributed by atoms with van der Waals surface area (Å²) < 4.78 is 5.47. The van der Waals surface area contributed by atoms with Crippen LogP contribution in [0.5, 0.6) is 5.75 Å². The lowest BCUT2D eigenvalue weighted by atomic mass is 10.2. The molecule has 0 amide bonds. The first kappa shape index (κ1) is 9.07. The van der Waals surface area contributed by atoms with Crippen LogP contribution in [0.4, 0.5) is 0 Å². The second-order valence-corrected chi connectivity index (χ2v) is 3.05. The molecule has 1 aromatic carbocycles. The average Bonchev–Trinajstić information content (AvgIpc) is 2.03. The van der Waals surface area contributed by atoms with Crippen LogP contribution in [0.25, 0.3) is 0 Å². The number of benzene rings is 1. The van der Waals surface area contributed by atoms with E-state index in [0.717, 1.165) is 11.3 Å². The zero-order valence-electron chi connectivity index (χ0n) is 7.58. The Morgan fingerprint density at radius 2 is 2.08 bits per heavy atom. The fraction of sp³-hybridized carbons (Fsp3) is 0.400. The Bertz CT molecular complexity index is 245. The Kier molecular flexibility index (Phi) is 3.11. The van der Waals surface area contributed by atoms with Crippen LogP contribution < -0.4 is 10.5 Å². The molecule has 2 N–H and O–H groups in total. The highest BCUT2D eigenvalue weighted by Crippen LogP contribution is 2.15. The highest BCUT2D eigenvalue weighted by atomic mass is 16.5. The number of aryl methyl sites for hydroxylation is 1. The predicted molar refractivity (Wildman–Crippen MR) is 50.3 cm³/mol. The summed E-state index contributed by atoms with van der Waals surface area (Å²) in [6.45, 7) is 4.53. The zero-order valence-corrected chi connectivity index (χ0v) is 7.58. The molecule has 2 nitrogen and oxygen atoms in total. The van der Waals surface area contributed by atoms with Crippen molar-refractivity contribution in [3.8, 4) is 5.75 Å². The topological polar surface area (TPSA) is 35.2 Å². The van der Waals surface area contributed by atoms with Gasteiger partial charge in [-0.05, 0) is 25.5 Å². The van der Waals surface area contributed by atoms with E-state index in [2.05, 4.69) is 0 Å². The molecule has 12 heavy (non-hydrogen) atoms. The third kappa shape index (κ3) is 2.55. The number of para-hydroxylation sites is 1. The first-order valence-electron chi connectivity index (χ1n) is 4.14. The van der Waals surface area contributed by atoms with Crippen molar-refractivity contribution in [1.29, 1.82) is 0 Å². The minimum Gasteiger partial charge on any atom is -0.492 e. The van der Waals surface area contributed by atoms with Gasteiger partial charge in [0.15, 0.2) is 0 Å². The van der Waals surface area contributed by atoms with Crippen molar-refractivity contribution in [2.45, 2.75) is 19.9 Å². The van der Waals surface area contributed by atoms with E-state index in [1.165, 1.54) is 0 Å². The molecule has 0 aliphatic rings. The molecule has 0 unspecified atom stereocenters. The molecule has 66 valence electrons. The Hall–Kier alpha value is -1.02. The molecule has 0 radical (unpaired) electrons. The number of ether oxygens (including phenoxy) is 1. The van der Waals surface area contributed by atoms with Crippen molar-refractivity contribution in [2.24, 2.45) is 5.73 Å². The van der Waals surface area contributed by atoms with Gasteiger partial charge in [0.25, 0.3) is 0 Å². The van der Waals surface area contributed by atoms with Gasteiger partial charge in [0.1, 0.15) is 12.4 Å². The Morgan fingerprint density at radius 1 is 1.42 bits per heavy atom. The third-order valence-corrected chi connectivity index (χ3v) is 1.60. The van der Waals surface area contributed by atoms with Gasteiger partial charge in [0, 0.05) is 6.04 Å². The Labute approximate surface area is 73.3 Å². The average molecular weight is 165 g/mol. The fourth-order valence-corrected chi connectivity index (χ4v) is 0.940. The van der Waals surface area contributed by atoms with Crippen LogP contribution in [0.3, 0.4) is 0 Å². The molecular weight excluding hydrogens is 150 g/mol. The number of nitrogens with two attached hydrogens (primary N) is 1. The van der Waals surface area contributed by atoms with Gasteiger partial charge in [-0.3, -0.25) is 0 Å². The Balaban J connectivity index is 2.57. The van der Waals surface area contributed by atoms with Gasteiger partial charge in [0.05, 0.1) is 0 Å². The summed E-state index contributed by atoms with van der Waals surface area (Å²) >= 11 is 0. The van der Waals surface area contributed by atoms with Gasteiger partial charge in [-0.1, -0.05) is 18.2 Å². The van der Waals surface area contributed by atoms with Gasteiger partial charge in [-0.15, -0.1) is 0 Å². The van der Waals surface area contributed by atoms with Crippen molar-refractivity contribution in [1.82, 2.24) is 0 Å². The summed E-state index contributed by atoms with van der Waals surface area (Å²) in [5.41, 5.74) is 6.72. The maximum atomic E-state index is 5.57. The maximum absolute atomic E-state index is 5.57. The highest BCUT2D eigenvalue weighted by molar-refractivity contribution is 5.31. The van der Waals surface area contributed by atoms with Crippen LogP contribution in [0.1, 0.15) is 12.5 Å². The Morgan fingerprint density at radius 3 is 2.67 bits per heavy atom. The second-order valence-electron chi connectivity index (χ2n) is 3.05. The summed E-state index contributed by atoms with van der Waals surface area (Å²) in [4.78, 5) is 0. The van der Waals surface area contributed by atoms with E-state index in [9.17, 15) is 0 Å². The van der Waals surface area contributed by atoms with Crippen LogP contribution >= 0.6 is 0 Å². The minimum absolute atomic E-state index is 0.0876. The molecule has 1 aromatic rings. The molecule has 0 aliphatic heterocycles. The van der Waals surface area contributed by atoms with E-state index >= 15 is 0 Å². The van der Waals surface area contributed by atoms with E-state index in [1.54, 1.807) is 0 Å². The predicted octanol–water partition coefficient (Wildman–Crippen LogP) is 1.72. The molecule has 0 aromatic heterocycles. The molecule has 0 spiro atoms. The van der Waals surface area contributed by atoms with Gasteiger partial charge in [0.2, 0.25) is 0 Å². The molecule has 1 rings (SSSR count). The van der Waals surface area contributed by atoms with Crippen LogP contribution in [0.15, 0.2) is 24.3 Å². The molecular formula is C10H15NO. The number of rotatable bonds is 3. The lowest BCUT2D eigenvalue weighted by Gasteiger charge is -2.10. The van der Waals surface area contributed by atoms with E-state index in [0.29, 0.717) is 6.61 Å². The summed E-state index contributed by atoms with van der Waals surface area (Å²) in [6.07, 6.45) is 0. The van der Waals surface area contributed by atoms with Crippen molar-refractivity contribution >= 4 is 0 Å². The molecule has 0 heterocycles. The fourth-order valence-electron chi connectivity index (χ4n) is 0.940. The minimum atomic E-state index is 0.0876. The molecule has 0 fully saturated rings. The van der Waals surface area contributed by atoms with Gasteiger partial charge >= 0.3 is 0 Å². The summed E-state index contributed by atoms with van der Waals surface area (Å²) in [7, 11) is 0. The lowest BCUT2D eigenvalue weighted by Crippen LogP contribution is -2.23. The number of hydrogen-bond acceptors (Lipinski definition) is 2. The van der Waals surface area contributed by atoms with Crippen LogP contribution in [-0.2, 0) is 0 Å². The monoisotopic (exact) mass is 165 g/mol. The van der Waals surface area contributed by atoms with E-state index in [4.69, 9.17) is 10.5 Å². The molecule has 2 heteroatoms. The summed E-state index contributed by atoms with van der Waals surface area (Å²) in [5.74, 6) is 0.926. The summed E-state index contributed by atoms with van der Waals surface area (Å²) in [5, 5.41) is 0. The van der Waals surface area contributed by atoms with E-state index in [-0.39, 0.29) is 6.04 Å². The second kappa shape index (κ2) is 4.12. The van der Waals surface area contributed by atoms with Gasteiger partial charge in [-0.25, -0.2) is 0 Å². The largest absolute Gasteiger partial charge is 0.492 e. The molecule has 0 aliphatic carbocycles. The van der Waals surface area contributed by atoms with Gasteiger partial charge < -0.3 is 10.5 Å². The third-order valence-electron chi connectivity index (χ3n) is 1.60. The smallest absolute Gasteiger partial charge is 0.122 e. The van der Waals surface area contributed by atoms with Crippen LogP contribution in [-0.4, -0.2) is 12.6 Å². The van der Waals surface area contributed by atoms with Crippen molar-refractivity contribution in [3.63, 3.8) is 0 Å². The SMILES string of the molecule is Cc1ccccc1OC[C@@H](C)N. The maximum Gasteiger partial charge on any atom is 0.122 e. The van der Waals surface area contributed by atoms with Crippen molar-refractivity contribution in [2.75, 3.05) is 6.61 Å². The van der Waals surface area contributed by atoms with E-state index in [1.807, 2.05) is 38.1 Å². The zero-order chi connectivity index (χ0) is 8.97. The van der Waals surface area contributed by atoms with Crippen LogP contribution in [0, 0.1) is 6.92 Å². The molecule has 0 saturated heterocycles. The standard InChI is InChI=1S/C10H15NO/c1-8-5-3-4-6-10(8)12-7-9(2)11/h3-6,9H,7,11H2,1-2H3/t9-/m1/s1. The van der Waals surface area contributed by atoms with Crippen molar-refractivity contribution in [3.05, 3.63) is 29.8 Å². The number of hydrogen-bond donors (Lipinski definition) is 1. The normalized spacial score (nSPS) is 12.6. The lowest BCUT2D eigenvalue weighted by molar-refractivity contribution is 0.294. The molecule has 0 saturated carbocycles. The first-order chi connectivity index (χ1) is 5.70. The van der Waals surface area contributed by atoms with Crippen molar-refractivity contribution < 1.29 is 4.74 Å². The molecule has 0 bridgehead atoms.